The van der Waals surface area contributed by atoms with Gasteiger partial charge < -0.3 is 19.5 Å². The Bertz CT molecular complexity index is 843. The van der Waals surface area contributed by atoms with E-state index in [1.165, 1.54) is 0 Å². The third kappa shape index (κ3) is 4.09. The number of carbonyl (C=O) groups excluding carboxylic acids is 1. The summed E-state index contributed by atoms with van der Waals surface area (Å²) in [6, 6.07) is 11.9. The molecule has 0 aromatic heterocycles. The van der Waals surface area contributed by atoms with Crippen LogP contribution in [0.3, 0.4) is 0 Å². The van der Waals surface area contributed by atoms with E-state index in [9.17, 15) is 9.59 Å². The molecular formula is C21H24N2O5. The summed E-state index contributed by atoms with van der Waals surface area (Å²) in [6.45, 7) is 1.17. The van der Waals surface area contributed by atoms with Crippen LogP contribution in [-0.2, 0) is 11.3 Å². The Morgan fingerprint density at radius 1 is 1.14 bits per heavy atom. The molecule has 28 heavy (non-hydrogen) atoms. The average molecular weight is 384 g/mol. The van der Waals surface area contributed by atoms with Gasteiger partial charge in [-0.05, 0) is 31.2 Å². The van der Waals surface area contributed by atoms with Gasteiger partial charge in [0.05, 0.1) is 31.5 Å². The van der Waals surface area contributed by atoms with E-state index in [2.05, 4.69) is 0 Å². The molecule has 0 aliphatic carbocycles. The molecule has 1 aliphatic heterocycles. The Balaban J connectivity index is 1.72. The van der Waals surface area contributed by atoms with Crippen LogP contribution in [0.5, 0.6) is 11.5 Å². The molecule has 2 aromatic rings. The third-order valence-corrected chi connectivity index (χ3v) is 4.99. The van der Waals surface area contributed by atoms with Gasteiger partial charge in [-0.25, -0.2) is 4.79 Å². The van der Waals surface area contributed by atoms with Crippen molar-refractivity contribution in [2.24, 2.45) is 0 Å². The number of carboxylic acid groups (broad SMARTS) is 1. The van der Waals surface area contributed by atoms with Gasteiger partial charge in [0, 0.05) is 31.3 Å². The van der Waals surface area contributed by atoms with Crippen molar-refractivity contribution in [1.82, 2.24) is 4.90 Å². The largest absolute Gasteiger partial charge is 0.497 e. The number of amides is 1. The van der Waals surface area contributed by atoms with Crippen molar-refractivity contribution in [1.29, 1.82) is 0 Å². The number of hydrogen-bond acceptors (Lipinski definition) is 5. The van der Waals surface area contributed by atoms with Crippen LogP contribution in [0.4, 0.5) is 5.69 Å². The number of anilines is 1. The molecule has 1 atom stereocenters. The van der Waals surface area contributed by atoms with Crippen LogP contribution in [0.1, 0.15) is 22.3 Å². The summed E-state index contributed by atoms with van der Waals surface area (Å²) in [5.41, 5.74) is 1.96. The Morgan fingerprint density at radius 2 is 1.75 bits per heavy atom. The minimum Gasteiger partial charge on any atom is -0.497 e. The normalized spacial score (nSPS) is 16.5. The highest BCUT2D eigenvalue weighted by Gasteiger charge is 2.35. The topological polar surface area (TPSA) is 79.3 Å². The van der Waals surface area contributed by atoms with Gasteiger partial charge in [-0.2, -0.15) is 0 Å². The quantitative estimate of drug-likeness (QED) is 0.791. The predicted octanol–water partition coefficient (Wildman–Crippen LogP) is 2.64. The minimum atomic E-state index is -0.949. The van der Waals surface area contributed by atoms with Gasteiger partial charge in [-0.15, -0.1) is 0 Å². The summed E-state index contributed by atoms with van der Waals surface area (Å²) in [6.07, 6.45) is 0.710. The van der Waals surface area contributed by atoms with E-state index in [4.69, 9.17) is 14.6 Å². The lowest BCUT2D eigenvalue weighted by Gasteiger charge is -2.24. The van der Waals surface area contributed by atoms with E-state index < -0.39 is 5.97 Å². The number of carboxylic acids is 1. The van der Waals surface area contributed by atoms with Gasteiger partial charge in [-0.3, -0.25) is 9.69 Å². The molecule has 0 saturated carbocycles. The highest BCUT2D eigenvalue weighted by Crippen LogP contribution is 2.32. The Kier molecular flexibility index (Phi) is 5.84. The molecule has 2 aromatic carbocycles. The lowest BCUT2D eigenvalue weighted by Crippen LogP contribution is -2.39. The van der Waals surface area contributed by atoms with Crippen molar-refractivity contribution in [3.05, 3.63) is 53.6 Å². The molecule has 1 unspecified atom stereocenters. The van der Waals surface area contributed by atoms with Gasteiger partial charge in [0.15, 0.2) is 0 Å². The van der Waals surface area contributed by atoms with E-state index >= 15 is 0 Å². The summed E-state index contributed by atoms with van der Waals surface area (Å²) in [5, 5.41) is 9.00. The number of methoxy groups -OCH3 is 2. The number of ether oxygens (including phenoxy) is 2. The maximum atomic E-state index is 13.0. The highest BCUT2D eigenvalue weighted by molar-refractivity contribution is 5.99. The van der Waals surface area contributed by atoms with Crippen LogP contribution < -0.4 is 14.4 Å². The summed E-state index contributed by atoms with van der Waals surface area (Å²) < 4.78 is 10.6. The first-order valence-corrected chi connectivity index (χ1v) is 9.00. The van der Waals surface area contributed by atoms with Crippen LogP contribution in [0, 0.1) is 0 Å². The number of rotatable bonds is 7. The lowest BCUT2D eigenvalue weighted by molar-refractivity contribution is -0.121. The van der Waals surface area contributed by atoms with Crippen LogP contribution in [-0.4, -0.2) is 55.7 Å². The summed E-state index contributed by atoms with van der Waals surface area (Å²) in [5.74, 6) is 0.352. The van der Waals surface area contributed by atoms with Crippen molar-refractivity contribution in [3.8, 4) is 11.5 Å². The Morgan fingerprint density at radius 3 is 2.29 bits per heavy atom. The number of aromatic carboxylic acids is 1. The van der Waals surface area contributed by atoms with E-state index in [-0.39, 0.29) is 17.5 Å². The number of hydrogen-bond donors (Lipinski definition) is 1. The highest BCUT2D eigenvalue weighted by atomic mass is 16.5. The van der Waals surface area contributed by atoms with E-state index in [1.54, 1.807) is 49.5 Å². The summed E-state index contributed by atoms with van der Waals surface area (Å²) in [4.78, 5) is 27.7. The molecule has 7 nitrogen and oxygen atoms in total. The minimum absolute atomic E-state index is 0.0277. The zero-order valence-corrected chi connectivity index (χ0v) is 16.2. The molecule has 0 radical (unpaired) electrons. The zero-order chi connectivity index (χ0) is 20.3. The number of carbonyl (C=O) groups is 2. The smallest absolute Gasteiger partial charge is 0.335 e. The second-order valence-electron chi connectivity index (χ2n) is 6.78. The summed E-state index contributed by atoms with van der Waals surface area (Å²) in [7, 11) is 5.07. The van der Waals surface area contributed by atoms with Crippen LogP contribution in [0.25, 0.3) is 0 Å². The van der Waals surface area contributed by atoms with Gasteiger partial charge in [0.2, 0.25) is 5.91 Å². The average Bonchev–Trinajstić information content (AvgIpc) is 3.09. The first kappa shape index (κ1) is 19.7. The van der Waals surface area contributed by atoms with Gasteiger partial charge in [-0.1, -0.05) is 12.1 Å². The fourth-order valence-electron chi connectivity index (χ4n) is 3.43. The molecule has 1 heterocycles. The van der Waals surface area contributed by atoms with Crippen molar-refractivity contribution in [2.75, 3.05) is 32.7 Å². The fraction of sp³-hybridized carbons (Fsp3) is 0.333. The molecule has 0 spiro atoms. The SMILES string of the molecule is COc1cc(OC)cc(N2CCC(N(C)Cc3ccc(C(=O)O)cc3)C2=O)c1. The van der Waals surface area contributed by atoms with Gasteiger partial charge in [0.25, 0.3) is 0 Å². The monoisotopic (exact) mass is 384 g/mol. The molecule has 148 valence electrons. The first-order chi connectivity index (χ1) is 13.4. The standard InChI is InChI=1S/C21H24N2O5/c1-22(13-14-4-6-15(7-5-14)21(25)26)19-8-9-23(20(19)24)16-10-17(27-2)12-18(11-16)28-3/h4-7,10-12,19H,8-9,13H2,1-3H3,(H,25,26). The maximum absolute atomic E-state index is 13.0. The lowest BCUT2D eigenvalue weighted by atomic mass is 10.1. The van der Waals surface area contributed by atoms with E-state index in [0.717, 1.165) is 11.3 Å². The van der Waals surface area contributed by atoms with Crippen molar-refractivity contribution >= 4 is 17.6 Å². The van der Waals surface area contributed by atoms with Crippen LogP contribution >= 0.6 is 0 Å². The molecule has 3 rings (SSSR count). The molecular weight excluding hydrogens is 360 g/mol. The molecule has 1 fully saturated rings. The Labute approximate surface area is 164 Å². The van der Waals surface area contributed by atoms with Crippen LogP contribution in [0.2, 0.25) is 0 Å². The Hall–Kier alpha value is -3.06. The fourth-order valence-corrected chi connectivity index (χ4v) is 3.43. The van der Waals surface area contributed by atoms with Gasteiger partial charge in [0.1, 0.15) is 11.5 Å². The maximum Gasteiger partial charge on any atom is 0.335 e. The number of benzene rings is 2. The van der Waals surface area contributed by atoms with Gasteiger partial charge >= 0.3 is 5.97 Å². The molecule has 1 saturated heterocycles. The molecule has 0 bridgehead atoms. The zero-order valence-electron chi connectivity index (χ0n) is 16.2. The van der Waals surface area contributed by atoms with Crippen molar-refractivity contribution in [2.45, 2.75) is 19.0 Å². The van der Waals surface area contributed by atoms with Crippen molar-refractivity contribution < 1.29 is 24.2 Å². The third-order valence-electron chi connectivity index (χ3n) is 4.99. The van der Waals surface area contributed by atoms with Crippen LogP contribution in [0.15, 0.2) is 42.5 Å². The second kappa shape index (κ2) is 8.31. The van der Waals surface area contributed by atoms with Crippen molar-refractivity contribution in [3.63, 3.8) is 0 Å². The number of nitrogens with zero attached hydrogens (tertiary/aromatic N) is 2. The summed E-state index contributed by atoms with van der Waals surface area (Å²) >= 11 is 0. The molecule has 7 heteroatoms. The predicted molar refractivity (Wildman–Crippen MR) is 105 cm³/mol. The first-order valence-electron chi connectivity index (χ1n) is 9.00. The second-order valence-corrected chi connectivity index (χ2v) is 6.78. The molecule has 1 aliphatic rings. The molecule has 1 amide bonds. The number of likely N-dealkylation sites (N-methyl/N-ethyl adjacent to an activating group) is 1. The molecule has 1 N–H and O–H groups in total. The van der Waals surface area contributed by atoms with E-state index in [1.807, 2.05) is 24.1 Å². The van der Waals surface area contributed by atoms with E-state index in [0.29, 0.717) is 31.0 Å².